The Morgan fingerprint density at radius 2 is 2.17 bits per heavy atom. The van der Waals surface area contributed by atoms with Crippen LogP contribution in [0.3, 0.4) is 0 Å². The Hall–Kier alpha value is -2.53. The molecule has 0 unspecified atom stereocenters. The third kappa shape index (κ3) is 3.57. The number of hydrogen-bond donors (Lipinski definition) is 1. The van der Waals surface area contributed by atoms with E-state index >= 15 is 0 Å². The quantitative estimate of drug-likeness (QED) is 0.461. The van der Waals surface area contributed by atoms with Crippen LogP contribution in [-0.2, 0) is 21.2 Å². The summed E-state index contributed by atoms with van der Waals surface area (Å²) in [4.78, 5) is 7.47. The van der Waals surface area contributed by atoms with Crippen LogP contribution >= 0.6 is 0 Å². The van der Waals surface area contributed by atoms with E-state index < -0.39 is 10.0 Å². The molecule has 1 fully saturated rings. The number of nitrogens with zero attached hydrogens (tertiary/aromatic N) is 4. The van der Waals surface area contributed by atoms with Gasteiger partial charge in [-0.05, 0) is 69.3 Å². The SMILES string of the molecule is CC[C@@]12C=C(c3nc(C)no3)n3c4c(c5ccc(S(=O)(=O)NCCCOC)cc53)CCN(CCC1)[C@H]42. The molecule has 36 heavy (non-hydrogen) atoms. The normalized spacial score (nSPS) is 23.6. The molecule has 5 heterocycles. The van der Waals surface area contributed by atoms with Crippen molar-refractivity contribution in [3.05, 3.63) is 47.2 Å². The van der Waals surface area contributed by atoms with E-state index in [2.05, 4.69) is 37.3 Å². The highest BCUT2D eigenvalue weighted by Crippen LogP contribution is 2.57. The van der Waals surface area contributed by atoms with Crippen LogP contribution in [0.4, 0.5) is 0 Å². The highest BCUT2D eigenvalue weighted by molar-refractivity contribution is 7.89. The van der Waals surface area contributed by atoms with Crippen molar-refractivity contribution in [2.75, 3.05) is 33.4 Å². The highest BCUT2D eigenvalue weighted by atomic mass is 32.2. The van der Waals surface area contributed by atoms with E-state index in [9.17, 15) is 8.42 Å². The van der Waals surface area contributed by atoms with Gasteiger partial charge >= 0.3 is 0 Å². The topological polar surface area (TPSA) is 102 Å². The summed E-state index contributed by atoms with van der Waals surface area (Å²) in [7, 11) is -2.05. The third-order valence-corrected chi connectivity index (χ3v) is 9.65. The van der Waals surface area contributed by atoms with E-state index in [1.807, 2.05) is 13.0 Å². The number of rotatable bonds is 8. The van der Waals surface area contributed by atoms with Crippen molar-refractivity contribution in [1.29, 1.82) is 0 Å². The van der Waals surface area contributed by atoms with E-state index in [0.717, 1.165) is 55.4 Å². The van der Waals surface area contributed by atoms with Gasteiger partial charge < -0.3 is 13.8 Å². The fraction of sp³-hybridized carbons (Fsp3) is 0.538. The predicted molar refractivity (Wildman–Crippen MR) is 136 cm³/mol. The van der Waals surface area contributed by atoms with Crippen molar-refractivity contribution in [3.8, 4) is 0 Å². The summed E-state index contributed by atoms with van der Waals surface area (Å²) in [6, 6.07) is 5.76. The van der Waals surface area contributed by atoms with Crippen LogP contribution in [0.25, 0.3) is 16.6 Å². The molecule has 3 aromatic rings. The number of aryl methyl sites for hydroxylation is 1. The number of sulfonamides is 1. The lowest BCUT2D eigenvalue weighted by Crippen LogP contribution is -2.50. The van der Waals surface area contributed by atoms with Crippen LogP contribution in [0.5, 0.6) is 0 Å². The molecule has 0 amide bonds. The lowest BCUT2D eigenvalue weighted by atomic mass is 9.66. The van der Waals surface area contributed by atoms with Gasteiger partial charge in [-0.25, -0.2) is 13.1 Å². The van der Waals surface area contributed by atoms with Gasteiger partial charge in [0.25, 0.3) is 5.89 Å². The lowest BCUT2D eigenvalue weighted by Gasteiger charge is -2.53. The van der Waals surface area contributed by atoms with Crippen molar-refractivity contribution in [2.24, 2.45) is 5.41 Å². The van der Waals surface area contributed by atoms with Gasteiger partial charge in [0.1, 0.15) is 5.70 Å². The van der Waals surface area contributed by atoms with Gasteiger partial charge in [-0.1, -0.05) is 18.1 Å². The molecule has 0 bridgehead atoms. The highest BCUT2D eigenvalue weighted by Gasteiger charge is 2.51. The molecule has 2 atom stereocenters. The first kappa shape index (κ1) is 23.8. The fourth-order valence-electron chi connectivity index (χ4n) is 6.54. The van der Waals surface area contributed by atoms with Gasteiger partial charge in [-0.15, -0.1) is 0 Å². The molecule has 6 rings (SSSR count). The van der Waals surface area contributed by atoms with Crippen LogP contribution in [0, 0.1) is 12.3 Å². The lowest BCUT2D eigenvalue weighted by molar-refractivity contribution is 0.0269. The van der Waals surface area contributed by atoms with Gasteiger partial charge in [0.05, 0.1) is 16.5 Å². The number of benzene rings is 1. The molecular weight excluding hydrogens is 478 g/mol. The third-order valence-electron chi connectivity index (χ3n) is 8.19. The average Bonchev–Trinajstić information content (AvgIpc) is 3.46. The molecule has 0 spiro atoms. The summed E-state index contributed by atoms with van der Waals surface area (Å²) < 4.78 is 42.0. The second-order valence-corrected chi connectivity index (χ2v) is 11.9. The molecule has 0 aliphatic carbocycles. The Bertz CT molecular complexity index is 1460. The van der Waals surface area contributed by atoms with Crippen molar-refractivity contribution < 1.29 is 17.7 Å². The van der Waals surface area contributed by atoms with E-state index in [1.165, 1.54) is 11.3 Å². The minimum atomic E-state index is -3.66. The molecular formula is C26H33N5O4S. The van der Waals surface area contributed by atoms with Gasteiger partial charge in [-0.3, -0.25) is 4.90 Å². The van der Waals surface area contributed by atoms with Crippen LogP contribution < -0.4 is 4.72 Å². The Morgan fingerprint density at radius 3 is 2.92 bits per heavy atom. The van der Waals surface area contributed by atoms with Crippen LogP contribution in [0.2, 0.25) is 0 Å². The molecule has 1 saturated heterocycles. The van der Waals surface area contributed by atoms with Crippen molar-refractivity contribution >= 4 is 26.6 Å². The van der Waals surface area contributed by atoms with Crippen LogP contribution in [-0.4, -0.2) is 61.4 Å². The molecule has 9 nitrogen and oxygen atoms in total. The van der Waals surface area contributed by atoms with E-state index in [-0.39, 0.29) is 16.4 Å². The Balaban J connectivity index is 1.56. The van der Waals surface area contributed by atoms with Crippen molar-refractivity contribution in [2.45, 2.75) is 56.9 Å². The summed E-state index contributed by atoms with van der Waals surface area (Å²) in [6.07, 6.45) is 7.16. The minimum absolute atomic E-state index is 0.0205. The number of fused-ring (bicyclic) bond motifs is 3. The number of methoxy groups -OCH3 is 1. The maximum absolute atomic E-state index is 13.1. The molecule has 192 valence electrons. The summed E-state index contributed by atoms with van der Waals surface area (Å²) in [6.45, 7) is 7.02. The second-order valence-electron chi connectivity index (χ2n) is 10.2. The van der Waals surface area contributed by atoms with Gasteiger partial charge in [-0.2, -0.15) is 4.98 Å². The van der Waals surface area contributed by atoms with Gasteiger partial charge in [0, 0.05) is 43.3 Å². The largest absolute Gasteiger partial charge is 0.385 e. The smallest absolute Gasteiger partial charge is 0.274 e. The molecule has 10 heteroatoms. The molecule has 3 aliphatic heterocycles. The molecule has 1 aromatic carbocycles. The van der Waals surface area contributed by atoms with Crippen LogP contribution in [0.1, 0.15) is 61.6 Å². The zero-order valence-corrected chi connectivity index (χ0v) is 21.9. The maximum atomic E-state index is 13.1. The molecule has 1 N–H and O–H groups in total. The first-order chi connectivity index (χ1) is 17.4. The molecule has 3 aliphatic rings. The molecule has 0 saturated carbocycles. The number of nitrogens with one attached hydrogen (secondary N) is 1. The fourth-order valence-corrected chi connectivity index (χ4v) is 7.63. The summed E-state index contributed by atoms with van der Waals surface area (Å²) in [5.41, 5.74) is 4.29. The zero-order chi connectivity index (χ0) is 25.1. The average molecular weight is 512 g/mol. The Morgan fingerprint density at radius 1 is 1.31 bits per heavy atom. The minimum Gasteiger partial charge on any atom is -0.385 e. The second kappa shape index (κ2) is 8.79. The summed E-state index contributed by atoms with van der Waals surface area (Å²) in [5.74, 6) is 1.06. The summed E-state index contributed by atoms with van der Waals surface area (Å²) in [5, 5.41) is 5.17. The van der Waals surface area contributed by atoms with Gasteiger partial charge in [0.15, 0.2) is 5.82 Å². The van der Waals surface area contributed by atoms with E-state index in [0.29, 0.717) is 31.3 Å². The first-order valence-electron chi connectivity index (χ1n) is 12.8. The maximum Gasteiger partial charge on any atom is 0.274 e. The summed E-state index contributed by atoms with van der Waals surface area (Å²) >= 11 is 0. The number of hydrogen-bond acceptors (Lipinski definition) is 7. The number of aromatic nitrogens is 3. The molecule has 0 radical (unpaired) electrons. The Labute approximate surface area is 211 Å². The van der Waals surface area contributed by atoms with Crippen LogP contribution in [0.15, 0.2) is 33.7 Å². The van der Waals surface area contributed by atoms with Crippen molar-refractivity contribution in [3.63, 3.8) is 0 Å². The van der Waals surface area contributed by atoms with E-state index in [1.54, 1.807) is 19.2 Å². The standard InChI is InChI=1S/C26H33N5O4S/c1-4-26-10-5-12-30-13-9-20-19-8-7-18(36(32,33)27-11-6-14-34-3)15-21(19)31(23(20)24(26)30)22(16-26)25-28-17(2)29-35-25/h7-8,15-16,24,27H,4-6,9-14H2,1-3H3/t24-,26+/m1/s1. The Kier molecular flexibility index (Phi) is 5.82. The van der Waals surface area contributed by atoms with E-state index in [4.69, 9.17) is 9.26 Å². The van der Waals surface area contributed by atoms with Gasteiger partial charge in [0.2, 0.25) is 10.0 Å². The zero-order valence-electron chi connectivity index (χ0n) is 21.1. The first-order valence-corrected chi connectivity index (χ1v) is 14.3. The number of piperidine rings is 1. The monoisotopic (exact) mass is 511 g/mol. The molecule has 2 aromatic heterocycles. The van der Waals surface area contributed by atoms with Crippen molar-refractivity contribution in [1.82, 2.24) is 24.3 Å². The number of ether oxygens (including phenoxy) is 1. The predicted octanol–water partition coefficient (Wildman–Crippen LogP) is 3.64.